The molecule has 0 unspecified atom stereocenters. The van der Waals surface area contributed by atoms with E-state index < -0.39 is 11.7 Å². The molecule has 0 bridgehead atoms. The maximum atomic E-state index is 12.6. The molecule has 2 rings (SSSR count). The molecule has 0 aliphatic heterocycles. The van der Waals surface area contributed by atoms with E-state index in [2.05, 4.69) is 10.5 Å². The van der Waals surface area contributed by atoms with Gasteiger partial charge in [-0.15, -0.1) is 0 Å². The first-order valence-electron chi connectivity index (χ1n) is 6.22. The van der Waals surface area contributed by atoms with Crippen LogP contribution >= 0.6 is 0 Å². The van der Waals surface area contributed by atoms with Crippen LogP contribution in [0.3, 0.4) is 0 Å². The van der Waals surface area contributed by atoms with E-state index in [0.29, 0.717) is 18.7 Å². The number of halogens is 3. The lowest BCUT2D eigenvalue weighted by Gasteiger charge is -2.17. The van der Waals surface area contributed by atoms with Crippen molar-refractivity contribution < 1.29 is 18.4 Å². The molecule has 0 aromatic heterocycles. The minimum Gasteiger partial charge on any atom is -0.409 e. The van der Waals surface area contributed by atoms with Gasteiger partial charge in [0.1, 0.15) is 5.84 Å². The second-order valence-corrected chi connectivity index (χ2v) is 5.20. The molecule has 1 saturated carbocycles. The summed E-state index contributed by atoms with van der Waals surface area (Å²) in [5, 5.41) is 14.5. The summed E-state index contributed by atoms with van der Waals surface area (Å²) in [5.74, 6) is 0.147. The van der Waals surface area contributed by atoms with Gasteiger partial charge in [-0.3, -0.25) is 0 Å². The topological polar surface area (TPSA) is 70.6 Å². The number of rotatable bonds is 5. The third-order valence-corrected chi connectivity index (χ3v) is 3.50. The Morgan fingerprint density at radius 3 is 2.65 bits per heavy atom. The van der Waals surface area contributed by atoms with E-state index in [1.54, 1.807) is 6.07 Å². The van der Waals surface area contributed by atoms with Gasteiger partial charge in [-0.2, -0.15) is 13.2 Å². The molecule has 4 N–H and O–H groups in total. The molecule has 1 fully saturated rings. The van der Waals surface area contributed by atoms with Gasteiger partial charge in [0.05, 0.1) is 5.56 Å². The second kappa shape index (κ2) is 5.22. The number of nitrogens with zero attached hydrogens (tertiary/aromatic N) is 1. The van der Waals surface area contributed by atoms with E-state index in [1.165, 1.54) is 6.07 Å². The number of hydrogen-bond acceptors (Lipinski definition) is 3. The number of nitrogens with two attached hydrogens (primary N) is 1. The van der Waals surface area contributed by atoms with Gasteiger partial charge in [0, 0.05) is 18.7 Å². The van der Waals surface area contributed by atoms with E-state index in [0.717, 1.165) is 25.0 Å². The van der Waals surface area contributed by atoms with Gasteiger partial charge < -0.3 is 16.3 Å². The van der Waals surface area contributed by atoms with E-state index >= 15 is 0 Å². The lowest BCUT2D eigenvalue weighted by atomic mass is 10.0. The van der Waals surface area contributed by atoms with Crippen LogP contribution in [0.2, 0.25) is 0 Å². The average Bonchev–Trinajstić information content (AvgIpc) is 3.16. The zero-order valence-corrected chi connectivity index (χ0v) is 10.7. The van der Waals surface area contributed by atoms with Gasteiger partial charge in [-0.05, 0) is 36.5 Å². The highest BCUT2D eigenvalue weighted by molar-refractivity contribution is 5.80. The summed E-state index contributed by atoms with van der Waals surface area (Å²) >= 11 is 0. The highest BCUT2D eigenvalue weighted by Gasteiger charge is 2.43. The Morgan fingerprint density at radius 1 is 1.40 bits per heavy atom. The van der Waals surface area contributed by atoms with Crippen molar-refractivity contribution in [2.24, 2.45) is 16.3 Å². The maximum Gasteiger partial charge on any atom is 0.416 e. The molecule has 0 saturated heterocycles. The first-order valence-corrected chi connectivity index (χ1v) is 6.22. The van der Waals surface area contributed by atoms with Crippen molar-refractivity contribution in [3.63, 3.8) is 0 Å². The van der Waals surface area contributed by atoms with Crippen molar-refractivity contribution in [2.45, 2.75) is 25.4 Å². The lowest BCUT2D eigenvalue weighted by Crippen LogP contribution is -2.23. The number of benzene rings is 1. The van der Waals surface area contributed by atoms with Crippen molar-refractivity contribution in [3.8, 4) is 0 Å². The normalized spacial score (nSPS) is 17.9. The number of alkyl halides is 3. The number of oxime groups is 1. The molecule has 0 spiro atoms. The first kappa shape index (κ1) is 14.5. The molecule has 1 aromatic carbocycles. The minimum atomic E-state index is -4.34. The van der Waals surface area contributed by atoms with E-state index in [1.807, 2.05) is 0 Å². The van der Waals surface area contributed by atoms with Crippen LogP contribution in [0.5, 0.6) is 0 Å². The van der Waals surface area contributed by atoms with Crippen LogP contribution in [-0.4, -0.2) is 17.6 Å². The molecule has 1 aliphatic rings. The third-order valence-electron chi connectivity index (χ3n) is 3.50. The number of hydrogen-bond donors (Lipinski definition) is 3. The van der Waals surface area contributed by atoms with Gasteiger partial charge in [-0.1, -0.05) is 11.2 Å². The zero-order chi connectivity index (χ0) is 14.8. The zero-order valence-electron chi connectivity index (χ0n) is 10.7. The van der Waals surface area contributed by atoms with Crippen LogP contribution < -0.4 is 11.1 Å². The number of nitrogens with one attached hydrogen (secondary N) is 1. The molecular formula is C13H16F3N3O. The predicted octanol–water partition coefficient (Wildman–Crippen LogP) is 3.03. The summed E-state index contributed by atoms with van der Waals surface area (Å²) in [6.07, 6.45) is -2.08. The molecule has 0 amide bonds. The van der Waals surface area contributed by atoms with Gasteiger partial charge in [0.25, 0.3) is 0 Å². The molecule has 110 valence electrons. The van der Waals surface area contributed by atoms with E-state index in [4.69, 9.17) is 10.9 Å². The fourth-order valence-corrected chi connectivity index (χ4v) is 2.11. The van der Waals surface area contributed by atoms with Crippen molar-refractivity contribution in [3.05, 3.63) is 29.8 Å². The Balaban J connectivity index is 1.98. The molecular weight excluding hydrogens is 271 g/mol. The van der Waals surface area contributed by atoms with Crippen molar-refractivity contribution >= 4 is 11.5 Å². The molecule has 7 heteroatoms. The minimum absolute atomic E-state index is 0.107. The summed E-state index contributed by atoms with van der Waals surface area (Å²) in [7, 11) is 0. The number of anilines is 1. The summed E-state index contributed by atoms with van der Waals surface area (Å²) in [6.45, 7) is 0.504. The van der Waals surface area contributed by atoms with Crippen LogP contribution in [0.1, 0.15) is 24.8 Å². The van der Waals surface area contributed by atoms with E-state index in [-0.39, 0.29) is 11.3 Å². The van der Waals surface area contributed by atoms with Crippen LogP contribution in [0.4, 0.5) is 18.9 Å². The molecule has 0 atom stereocenters. The Morgan fingerprint density at radius 2 is 2.10 bits per heavy atom. The smallest absolute Gasteiger partial charge is 0.409 e. The Kier molecular flexibility index (Phi) is 3.78. The summed E-state index contributed by atoms with van der Waals surface area (Å²) in [5.41, 5.74) is 5.11. The van der Waals surface area contributed by atoms with Crippen LogP contribution in [-0.2, 0) is 6.18 Å². The summed E-state index contributed by atoms with van der Waals surface area (Å²) in [4.78, 5) is 0. The van der Waals surface area contributed by atoms with Crippen LogP contribution in [0.25, 0.3) is 0 Å². The quantitative estimate of drug-likeness (QED) is 0.337. The van der Waals surface area contributed by atoms with E-state index in [9.17, 15) is 13.2 Å². The largest absolute Gasteiger partial charge is 0.416 e. The maximum absolute atomic E-state index is 12.6. The fraction of sp³-hybridized carbons (Fsp3) is 0.462. The lowest BCUT2D eigenvalue weighted by molar-refractivity contribution is -0.137. The fourth-order valence-electron chi connectivity index (χ4n) is 2.11. The second-order valence-electron chi connectivity index (χ2n) is 5.20. The first-order chi connectivity index (χ1) is 9.35. The molecule has 20 heavy (non-hydrogen) atoms. The molecule has 0 heterocycles. The Bertz CT molecular complexity index is 510. The third kappa shape index (κ3) is 3.55. The van der Waals surface area contributed by atoms with Gasteiger partial charge in [0.2, 0.25) is 0 Å². The Hall–Kier alpha value is -1.92. The monoisotopic (exact) mass is 287 g/mol. The van der Waals surface area contributed by atoms with Crippen molar-refractivity contribution in [1.82, 2.24) is 0 Å². The molecule has 1 aliphatic carbocycles. The van der Waals surface area contributed by atoms with Gasteiger partial charge in [0.15, 0.2) is 0 Å². The molecule has 1 aromatic rings. The average molecular weight is 287 g/mol. The summed E-state index contributed by atoms with van der Waals surface area (Å²) < 4.78 is 37.8. The van der Waals surface area contributed by atoms with Crippen molar-refractivity contribution in [2.75, 3.05) is 11.9 Å². The van der Waals surface area contributed by atoms with Crippen LogP contribution in [0, 0.1) is 5.41 Å². The highest BCUT2D eigenvalue weighted by atomic mass is 19.4. The predicted molar refractivity (Wildman–Crippen MR) is 69.6 cm³/mol. The van der Waals surface area contributed by atoms with Gasteiger partial charge in [-0.25, -0.2) is 0 Å². The molecule has 0 radical (unpaired) electrons. The van der Waals surface area contributed by atoms with Crippen LogP contribution in [0.15, 0.2) is 29.4 Å². The van der Waals surface area contributed by atoms with Crippen molar-refractivity contribution in [1.29, 1.82) is 0 Å². The Labute approximate surface area is 114 Å². The summed E-state index contributed by atoms with van der Waals surface area (Å²) in [6, 6.07) is 5.08. The highest BCUT2D eigenvalue weighted by Crippen LogP contribution is 2.48. The standard InChI is InChI=1S/C13H16F3N3O/c14-13(15,16)9-2-1-3-10(6-9)18-8-12(4-5-12)7-11(17)19-20/h1-3,6,18,20H,4-5,7-8H2,(H2,17,19). The molecule has 4 nitrogen and oxygen atoms in total. The number of amidine groups is 1. The van der Waals surface area contributed by atoms with Gasteiger partial charge >= 0.3 is 6.18 Å². The SMILES string of the molecule is NC(CC1(CNc2cccc(C(F)(F)F)c2)CC1)=NO.